The smallest absolute Gasteiger partial charge is 0.126 e. The van der Waals surface area contributed by atoms with Crippen LogP contribution < -0.4 is 0 Å². The molecule has 0 atom stereocenters. The number of hydrogen-bond donors (Lipinski definition) is 0. The minimum atomic E-state index is 0.390. The number of fused-ring (bicyclic) bond motifs is 6. The second-order valence-electron chi connectivity index (χ2n) is 15.1. The third kappa shape index (κ3) is 5.81. The van der Waals surface area contributed by atoms with Crippen LogP contribution >= 0.6 is 0 Å². The van der Waals surface area contributed by atoms with Crippen LogP contribution in [0.25, 0.3) is 88.5 Å². The Morgan fingerprint density at radius 3 is 1.34 bits per heavy atom. The topological polar surface area (TPSA) is 155 Å². The molecule has 0 bridgehead atoms. The summed E-state index contributed by atoms with van der Waals surface area (Å²) >= 11 is 0. The summed E-state index contributed by atoms with van der Waals surface area (Å²) in [6, 6.07) is 55.9. The highest BCUT2D eigenvalue weighted by Gasteiger charge is 2.25. The fraction of sp³-hybridized carbons (Fsp3) is 0.0377. The summed E-state index contributed by atoms with van der Waals surface area (Å²) in [7, 11) is 0. The van der Waals surface area contributed by atoms with Gasteiger partial charge < -0.3 is 9.13 Å². The zero-order chi connectivity index (χ0) is 42.6. The minimum Gasteiger partial charge on any atom is -0.308 e. The van der Waals surface area contributed by atoms with Crippen LogP contribution in [-0.2, 0) is 0 Å². The van der Waals surface area contributed by atoms with E-state index in [1.165, 1.54) is 0 Å². The number of benzene rings is 7. The van der Waals surface area contributed by atoms with Crippen LogP contribution in [0.3, 0.4) is 0 Å². The maximum Gasteiger partial charge on any atom is 0.126 e. The lowest BCUT2D eigenvalue weighted by Gasteiger charge is -2.21. The molecule has 9 heteroatoms. The van der Waals surface area contributed by atoms with Gasteiger partial charge in [0.15, 0.2) is 0 Å². The number of nitrogens with zero attached hydrogens (tertiary/aromatic N) is 9. The van der Waals surface area contributed by atoms with Gasteiger partial charge in [0.25, 0.3) is 0 Å². The zero-order valence-corrected chi connectivity index (χ0v) is 33.3. The lowest BCUT2D eigenvalue weighted by Crippen LogP contribution is -2.07. The molecule has 0 aliphatic rings. The van der Waals surface area contributed by atoms with Gasteiger partial charge in [0.2, 0.25) is 0 Å². The summed E-state index contributed by atoms with van der Waals surface area (Å²) in [5.41, 5.74) is 12.1. The second kappa shape index (κ2) is 14.5. The molecular weight excluding hydrogens is 763 g/mol. The molecule has 0 saturated carbocycles. The van der Waals surface area contributed by atoms with Crippen LogP contribution in [0, 0.1) is 70.5 Å². The molecule has 10 rings (SSSR count). The van der Waals surface area contributed by atoms with Crippen molar-refractivity contribution in [1.29, 1.82) is 26.3 Å². The summed E-state index contributed by atoms with van der Waals surface area (Å²) in [4.78, 5) is 9.74. The molecule has 0 fully saturated rings. The molecule has 10 aromatic rings. The van der Waals surface area contributed by atoms with Crippen molar-refractivity contribution in [2.75, 3.05) is 0 Å². The number of aromatic nitrogens is 4. The molecule has 0 radical (unpaired) electrons. The van der Waals surface area contributed by atoms with Crippen LogP contribution in [0.2, 0.25) is 0 Å². The van der Waals surface area contributed by atoms with Crippen molar-refractivity contribution in [2.45, 2.75) is 13.8 Å². The van der Waals surface area contributed by atoms with Gasteiger partial charge >= 0.3 is 0 Å². The van der Waals surface area contributed by atoms with Gasteiger partial charge in [-0.15, -0.1) is 0 Å². The fourth-order valence-electron chi connectivity index (χ4n) is 8.85. The van der Waals surface area contributed by atoms with E-state index in [9.17, 15) is 26.3 Å². The summed E-state index contributed by atoms with van der Waals surface area (Å²) in [5.74, 6) is 0.588. The van der Waals surface area contributed by atoms with E-state index in [-0.39, 0.29) is 0 Å². The first-order valence-electron chi connectivity index (χ1n) is 19.7. The normalized spacial score (nSPS) is 11.0. The van der Waals surface area contributed by atoms with Crippen molar-refractivity contribution in [3.8, 4) is 75.2 Å². The van der Waals surface area contributed by atoms with Crippen molar-refractivity contribution in [2.24, 2.45) is 0 Å². The van der Waals surface area contributed by atoms with Gasteiger partial charge in [-0.05, 0) is 103 Å². The van der Waals surface area contributed by atoms with E-state index in [0.717, 1.165) is 66.0 Å². The van der Waals surface area contributed by atoms with E-state index >= 15 is 0 Å². The SMILES string of the molecule is Cc1cc(-c2c(-n3c4ccccc4c4ccc(-c5ccc(C#N)cc5C#N)cc43)cc(C#N)cc2-n2c3ccccc3c3ccc(-c4ccc(C#N)cc4C#N)cc32)nc(C)n1. The van der Waals surface area contributed by atoms with E-state index < -0.39 is 0 Å². The third-order valence-corrected chi connectivity index (χ3v) is 11.4. The summed E-state index contributed by atoms with van der Waals surface area (Å²) < 4.78 is 4.34. The van der Waals surface area contributed by atoms with Crippen LogP contribution in [0.15, 0.2) is 140 Å². The highest BCUT2D eigenvalue weighted by Crippen LogP contribution is 2.44. The minimum absolute atomic E-state index is 0.390. The Morgan fingerprint density at radius 1 is 0.419 bits per heavy atom. The van der Waals surface area contributed by atoms with Crippen molar-refractivity contribution in [3.63, 3.8) is 0 Å². The number of nitriles is 5. The molecule has 0 amide bonds. The van der Waals surface area contributed by atoms with E-state index in [0.29, 0.717) is 61.8 Å². The number of para-hydroxylation sites is 2. The first kappa shape index (κ1) is 37.0. The Labute approximate surface area is 355 Å². The monoisotopic (exact) mass is 791 g/mol. The fourth-order valence-corrected chi connectivity index (χ4v) is 8.85. The Balaban J connectivity index is 1.36. The van der Waals surface area contributed by atoms with E-state index in [4.69, 9.17) is 4.98 Å². The van der Waals surface area contributed by atoms with Gasteiger partial charge in [-0.2, -0.15) is 26.3 Å². The van der Waals surface area contributed by atoms with Crippen LogP contribution in [0.1, 0.15) is 39.3 Å². The molecular formula is C53H29N9. The lowest BCUT2D eigenvalue weighted by atomic mass is 9.97. The molecule has 0 saturated heterocycles. The average molecular weight is 792 g/mol. The molecule has 0 aliphatic carbocycles. The van der Waals surface area contributed by atoms with Gasteiger partial charge in [0.1, 0.15) is 5.82 Å². The van der Waals surface area contributed by atoms with Crippen molar-refractivity contribution < 1.29 is 0 Å². The Kier molecular flexibility index (Phi) is 8.64. The molecule has 286 valence electrons. The zero-order valence-electron chi connectivity index (χ0n) is 33.3. The molecule has 9 nitrogen and oxygen atoms in total. The van der Waals surface area contributed by atoms with Crippen LogP contribution in [0.5, 0.6) is 0 Å². The largest absolute Gasteiger partial charge is 0.308 e. The molecule has 0 spiro atoms. The molecule has 0 aliphatic heterocycles. The summed E-state index contributed by atoms with van der Waals surface area (Å²) in [5, 5.41) is 54.4. The number of hydrogen-bond acceptors (Lipinski definition) is 7. The first-order valence-corrected chi connectivity index (χ1v) is 19.7. The maximum atomic E-state index is 10.9. The van der Waals surface area contributed by atoms with Crippen molar-refractivity contribution in [3.05, 3.63) is 179 Å². The van der Waals surface area contributed by atoms with Gasteiger partial charge in [-0.25, -0.2) is 9.97 Å². The van der Waals surface area contributed by atoms with Gasteiger partial charge in [-0.1, -0.05) is 72.8 Å². The van der Waals surface area contributed by atoms with Crippen molar-refractivity contribution in [1.82, 2.24) is 19.1 Å². The highest BCUT2D eigenvalue weighted by molar-refractivity contribution is 6.13. The van der Waals surface area contributed by atoms with Crippen LogP contribution in [0.4, 0.5) is 0 Å². The Morgan fingerprint density at radius 2 is 0.887 bits per heavy atom. The Hall–Kier alpha value is -9.33. The predicted molar refractivity (Wildman–Crippen MR) is 240 cm³/mol. The quantitative estimate of drug-likeness (QED) is 0.168. The third-order valence-electron chi connectivity index (χ3n) is 11.4. The summed E-state index contributed by atoms with van der Waals surface area (Å²) in [6.45, 7) is 3.81. The van der Waals surface area contributed by atoms with Crippen LogP contribution in [-0.4, -0.2) is 19.1 Å². The van der Waals surface area contributed by atoms with Gasteiger partial charge in [0, 0.05) is 32.8 Å². The standard InChI is InChI=1S/C53H29N9/c1-31-19-46(60-32(2)59-31)53-51(61-47-9-5-3-7-42(47)44-17-13-36(24-49(44)61)40-15-11-33(26-54)20-38(40)29-57)22-35(28-56)23-52(53)62-48-10-6-4-8-43(48)45-18-14-37(25-50(45)62)41-16-12-34(27-55)21-39(41)30-58/h3-25H,1-2H3. The molecule has 0 N–H and O–H groups in total. The Bertz CT molecular complexity index is 3560. The van der Waals surface area contributed by atoms with Gasteiger partial charge in [-0.3, -0.25) is 0 Å². The molecule has 3 heterocycles. The van der Waals surface area contributed by atoms with E-state index in [1.807, 2.05) is 80.6 Å². The molecule has 62 heavy (non-hydrogen) atoms. The average Bonchev–Trinajstić information content (AvgIpc) is 3.82. The highest BCUT2D eigenvalue weighted by atomic mass is 15.0. The summed E-state index contributed by atoms with van der Waals surface area (Å²) in [6.07, 6.45) is 0. The predicted octanol–water partition coefficient (Wildman–Crippen LogP) is 11.6. The van der Waals surface area contributed by atoms with E-state index in [2.05, 4.69) is 93.0 Å². The maximum absolute atomic E-state index is 10.9. The number of aryl methyl sites for hydroxylation is 2. The molecule has 3 aromatic heterocycles. The lowest BCUT2D eigenvalue weighted by molar-refractivity contribution is 1.01. The second-order valence-corrected chi connectivity index (χ2v) is 15.1. The molecule has 7 aromatic carbocycles. The first-order chi connectivity index (χ1) is 30.3. The van der Waals surface area contributed by atoms with Gasteiger partial charge in [0.05, 0.1) is 97.3 Å². The van der Waals surface area contributed by atoms with E-state index in [1.54, 1.807) is 24.3 Å². The molecule has 0 unspecified atom stereocenters. The number of rotatable bonds is 5. The van der Waals surface area contributed by atoms with Crippen molar-refractivity contribution >= 4 is 43.6 Å².